The van der Waals surface area contributed by atoms with Crippen molar-refractivity contribution in [2.45, 2.75) is 57.9 Å². The molecular weight excluding hydrogens is 558 g/mol. The second-order valence-electron chi connectivity index (χ2n) is 11.0. The lowest BCUT2D eigenvalue weighted by molar-refractivity contribution is -0.164. The summed E-state index contributed by atoms with van der Waals surface area (Å²) in [5, 5.41) is 2.63. The molecule has 3 rings (SSSR count). The Kier molecular flexibility index (Phi) is 11.5. The molecule has 1 saturated heterocycles. The summed E-state index contributed by atoms with van der Waals surface area (Å²) in [7, 11) is 2.71. The molecule has 2 aromatic rings. The van der Waals surface area contributed by atoms with Crippen LogP contribution in [0.5, 0.6) is 5.75 Å². The molecule has 2 atom stereocenters. The van der Waals surface area contributed by atoms with Crippen LogP contribution in [0.25, 0.3) is 0 Å². The highest BCUT2D eigenvalue weighted by Crippen LogP contribution is 2.20. The van der Waals surface area contributed by atoms with E-state index in [0.29, 0.717) is 11.3 Å². The first-order valence-electron chi connectivity index (χ1n) is 13.9. The number of ether oxygens (including phenoxy) is 4. The van der Waals surface area contributed by atoms with Crippen molar-refractivity contribution in [3.63, 3.8) is 0 Å². The SMILES string of the molecule is COC(=O)C[C@H]1C(=O)N(CC(=O)OC(C)(C)C)CCN1C(=O)[C@H](Cc1ccc(OC)cc1)NC(=O)OCc1ccccc1. The summed E-state index contributed by atoms with van der Waals surface area (Å²) in [5.41, 5.74) is 0.723. The lowest BCUT2D eigenvalue weighted by Crippen LogP contribution is -2.63. The van der Waals surface area contributed by atoms with E-state index in [9.17, 15) is 24.0 Å². The predicted molar refractivity (Wildman–Crippen MR) is 155 cm³/mol. The van der Waals surface area contributed by atoms with Crippen LogP contribution in [0, 0.1) is 0 Å². The number of methoxy groups -OCH3 is 2. The third kappa shape index (κ3) is 10.0. The lowest BCUT2D eigenvalue weighted by Gasteiger charge is -2.41. The Morgan fingerprint density at radius 2 is 1.60 bits per heavy atom. The molecular formula is C31H39N3O9. The maximum atomic E-state index is 14.0. The lowest BCUT2D eigenvalue weighted by atomic mass is 10.0. The fraction of sp³-hybridized carbons (Fsp3) is 0.452. The molecule has 232 valence electrons. The Hall–Kier alpha value is -4.61. The minimum Gasteiger partial charge on any atom is -0.497 e. The molecule has 3 amide bonds. The summed E-state index contributed by atoms with van der Waals surface area (Å²) in [6.07, 6.45) is -1.18. The van der Waals surface area contributed by atoms with Gasteiger partial charge in [0.2, 0.25) is 11.8 Å². The number of hydrogen-bond acceptors (Lipinski definition) is 9. The monoisotopic (exact) mass is 597 g/mol. The third-order valence-electron chi connectivity index (χ3n) is 6.60. The number of hydrogen-bond donors (Lipinski definition) is 1. The van der Waals surface area contributed by atoms with Crippen LogP contribution < -0.4 is 10.1 Å². The molecule has 1 N–H and O–H groups in total. The van der Waals surface area contributed by atoms with Crippen molar-refractivity contribution < 1.29 is 42.9 Å². The quantitative estimate of drug-likeness (QED) is 0.306. The van der Waals surface area contributed by atoms with Crippen LogP contribution in [0.1, 0.15) is 38.3 Å². The molecule has 1 aliphatic heterocycles. The van der Waals surface area contributed by atoms with E-state index in [-0.39, 0.29) is 32.7 Å². The van der Waals surface area contributed by atoms with Crippen molar-refractivity contribution in [1.29, 1.82) is 0 Å². The van der Waals surface area contributed by atoms with Gasteiger partial charge in [-0.05, 0) is 44.0 Å². The summed E-state index contributed by atoms with van der Waals surface area (Å²) in [6, 6.07) is 13.6. The number of nitrogens with one attached hydrogen (secondary N) is 1. The fourth-order valence-corrected chi connectivity index (χ4v) is 4.53. The molecule has 0 radical (unpaired) electrons. The number of esters is 2. The van der Waals surface area contributed by atoms with Gasteiger partial charge in [0.05, 0.1) is 20.6 Å². The van der Waals surface area contributed by atoms with Gasteiger partial charge in [-0.2, -0.15) is 0 Å². The van der Waals surface area contributed by atoms with Gasteiger partial charge in [-0.15, -0.1) is 0 Å². The van der Waals surface area contributed by atoms with E-state index >= 15 is 0 Å². The van der Waals surface area contributed by atoms with Crippen LogP contribution in [0.15, 0.2) is 54.6 Å². The third-order valence-corrected chi connectivity index (χ3v) is 6.60. The highest BCUT2D eigenvalue weighted by atomic mass is 16.6. The van der Waals surface area contributed by atoms with E-state index in [1.807, 2.05) is 18.2 Å². The Labute approximate surface area is 251 Å². The first-order valence-corrected chi connectivity index (χ1v) is 13.9. The van der Waals surface area contributed by atoms with E-state index in [2.05, 4.69) is 5.32 Å². The number of benzene rings is 2. The van der Waals surface area contributed by atoms with Gasteiger partial charge >= 0.3 is 18.0 Å². The van der Waals surface area contributed by atoms with Gasteiger partial charge in [-0.3, -0.25) is 19.2 Å². The van der Waals surface area contributed by atoms with Crippen LogP contribution in [0.2, 0.25) is 0 Å². The van der Waals surface area contributed by atoms with Crippen LogP contribution in [0.4, 0.5) is 4.79 Å². The standard InChI is InChI=1S/C31H39N3O9/c1-31(2,3)43-27(36)19-33-15-16-34(25(29(33)38)18-26(35)41-5)28(37)24(17-21-11-13-23(40-4)14-12-21)32-30(39)42-20-22-9-7-6-8-10-22/h6-14,24-25H,15-20H2,1-5H3,(H,32,39)/t24-,25-/m0/s1. The number of carbonyl (C=O) groups excluding carboxylic acids is 5. The zero-order chi connectivity index (χ0) is 31.6. The molecule has 0 unspecified atom stereocenters. The van der Waals surface area contributed by atoms with Crippen molar-refractivity contribution in [3.05, 3.63) is 65.7 Å². The predicted octanol–water partition coefficient (Wildman–Crippen LogP) is 2.48. The Morgan fingerprint density at radius 1 is 0.930 bits per heavy atom. The molecule has 12 nitrogen and oxygen atoms in total. The van der Waals surface area contributed by atoms with Gasteiger partial charge < -0.3 is 34.1 Å². The van der Waals surface area contributed by atoms with Gasteiger partial charge in [0.25, 0.3) is 0 Å². The minimum absolute atomic E-state index is 0.00882. The van der Waals surface area contributed by atoms with Gasteiger partial charge in [0.1, 0.15) is 36.6 Å². The summed E-state index contributed by atoms with van der Waals surface area (Å²) in [4.78, 5) is 67.6. The zero-order valence-electron chi connectivity index (χ0n) is 25.2. The highest BCUT2D eigenvalue weighted by Gasteiger charge is 2.42. The first-order chi connectivity index (χ1) is 20.4. The number of alkyl carbamates (subject to hydrolysis) is 1. The van der Waals surface area contributed by atoms with Crippen molar-refractivity contribution >= 4 is 29.8 Å². The van der Waals surface area contributed by atoms with Gasteiger partial charge in [0, 0.05) is 19.5 Å². The van der Waals surface area contributed by atoms with Crippen LogP contribution >= 0.6 is 0 Å². The van der Waals surface area contributed by atoms with Crippen LogP contribution in [0.3, 0.4) is 0 Å². The maximum absolute atomic E-state index is 14.0. The Balaban J connectivity index is 1.82. The molecule has 0 bridgehead atoms. The second-order valence-corrected chi connectivity index (χ2v) is 11.0. The van der Waals surface area contributed by atoms with Crippen molar-refractivity contribution in [2.75, 3.05) is 33.9 Å². The molecule has 2 aromatic carbocycles. The molecule has 43 heavy (non-hydrogen) atoms. The topological polar surface area (TPSA) is 141 Å². The van der Waals surface area contributed by atoms with E-state index in [1.165, 1.54) is 24.0 Å². The average Bonchev–Trinajstić information content (AvgIpc) is 2.97. The minimum atomic E-state index is -1.25. The van der Waals surface area contributed by atoms with Crippen molar-refractivity contribution in [2.24, 2.45) is 0 Å². The Bertz CT molecular complexity index is 1280. The highest BCUT2D eigenvalue weighted by molar-refractivity contribution is 5.95. The summed E-state index contributed by atoms with van der Waals surface area (Å²) < 4.78 is 20.7. The molecule has 0 aromatic heterocycles. The normalized spacial score (nSPS) is 15.7. The molecule has 1 heterocycles. The number of amides is 3. The Morgan fingerprint density at radius 3 is 2.21 bits per heavy atom. The maximum Gasteiger partial charge on any atom is 0.408 e. The number of nitrogens with zero attached hydrogens (tertiary/aromatic N) is 2. The van der Waals surface area contributed by atoms with Gasteiger partial charge in [-0.25, -0.2) is 4.79 Å². The van der Waals surface area contributed by atoms with E-state index in [4.69, 9.17) is 18.9 Å². The summed E-state index contributed by atoms with van der Waals surface area (Å²) in [5.74, 6) is -1.90. The molecule has 1 fully saturated rings. The van der Waals surface area contributed by atoms with E-state index in [0.717, 1.165) is 5.56 Å². The molecule has 1 aliphatic rings. The van der Waals surface area contributed by atoms with Gasteiger partial charge in [-0.1, -0.05) is 42.5 Å². The smallest absolute Gasteiger partial charge is 0.408 e. The molecule has 0 aliphatic carbocycles. The second kappa shape index (κ2) is 15.0. The first kappa shape index (κ1) is 32.9. The fourth-order valence-electron chi connectivity index (χ4n) is 4.53. The summed E-state index contributed by atoms with van der Waals surface area (Å²) in [6.45, 7) is 4.82. The van der Waals surface area contributed by atoms with Gasteiger partial charge in [0.15, 0.2) is 0 Å². The summed E-state index contributed by atoms with van der Waals surface area (Å²) >= 11 is 0. The average molecular weight is 598 g/mol. The van der Waals surface area contributed by atoms with E-state index < -0.39 is 54.0 Å². The molecule has 0 saturated carbocycles. The van der Waals surface area contributed by atoms with E-state index in [1.54, 1.807) is 57.2 Å². The molecule has 0 spiro atoms. The number of piperazine rings is 1. The largest absolute Gasteiger partial charge is 0.497 e. The van der Waals surface area contributed by atoms with Crippen molar-refractivity contribution in [1.82, 2.24) is 15.1 Å². The van der Waals surface area contributed by atoms with Crippen LogP contribution in [-0.2, 0) is 46.4 Å². The zero-order valence-corrected chi connectivity index (χ0v) is 25.2. The van der Waals surface area contributed by atoms with Crippen LogP contribution in [-0.4, -0.2) is 91.2 Å². The molecule has 12 heteroatoms. The van der Waals surface area contributed by atoms with Crippen molar-refractivity contribution in [3.8, 4) is 5.75 Å². The number of carbonyl (C=O) groups is 5. The number of rotatable bonds is 11.